The van der Waals surface area contributed by atoms with Gasteiger partial charge >= 0.3 is 0 Å². The van der Waals surface area contributed by atoms with E-state index >= 15 is 0 Å². The number of carbonyl (C=O) groups excluding carboxylic acids is 1. The molecule has 0 spiro atoms. The van der Waals surface area contributed by atoms with Gasteiger partial charge in [0.25, 0.3) is 5.91 Å². The molecule has 0 unspecified atom stereocenters. The van der Waals surface area contributed by atoms with Crippen LogP contribution in [-0.4, -0.2) is 17.4 Å². The molecule has 1 aromatic heterocycles. The van der Waals surface area contributed by atoms with Crippen LogP contribution >= 0.6 is 0 Å². The van der Waals surface area contributed by atoms with Gasteiger partial charge < -0.3 is 5.32 Å². The molecule has 3 rings (SSSR count). The lowest BCUT2D eigenvalue weighted by molar-refractivity contribution is -0.117. The molecule has 0 atom stereocenters. The van der Waals surface area contributed by atoms with E-state index in [4.69, 9.17) is 0 Å². The molecule has 0 saturated carbocycles. The molecule has 4 nitrogen and oxygen atoms in total. The van der Waals surface area contributed by atoms with Crippen molar-refractivity contribution in [1.82, 2.24) is 10.3 Å². The van der Waals surface area contributed by atoms with Crippen molar-refractivity contribution < 1.29 is 4.79 Å². The van der Waals surface area contributed by atoms with Crippen molar-refractivity contribution >= 4 is 22.9 Å². The first-order valence-electron chi connectivity index (χ1n) is 8.05. The van der Waals surface area contributed by atoms with Gasteiger partial charge in [-0.3, -0.25) is 9.78 Å². The van der Waals surface area contributed by atoms with Crippen molar-refractivity contribution in [3.8, 4) is 6.07 Å². The van der Waals surface area contributed by atoms with Crippen LogP contribution in [0.3, 0.4) is 0 Å². The summed E-state index contributed by atoms with van der Waals surface area (Å²) >= 11 is 0. The molecule has 0 aliphatic rings. The average molecular weight is 327 g/mol. The Balaban J connectivity index is 1.73. The minimum atomic E-state index is -0.362. The maximum atomic E-state index is 12.3. The fourth-order valence-electron chi connectivity index (χ4n) is 2.61. The van der Waals surface area contributed by atoms with Crippen LogP contribution in [0.4, 0.5) is 0 Å². The highest BCUT2D eigenvalue weighted by Crippen LogP contribution is 2.18. The Labute approximate surface area is 146 Å². The molecule has 2 aromatic carbocycles. The second-order valence-electron chi connectivity index (χ2n) is 5.58. The second kappa shape index (κ2) is 7.89. The van der Waals surface area contributed by atoms with Crippen LogP contribution in [0, 0.1) is 11.3 Å². The fraction of sp³-hybridized carbons (Fsp3) is 0.0952. The van der Waals surface area contributed by atoms with E-state index in [9.17, 15) is 10.1 Å². The number of pyridine rings is 1. The Morgan fingerprint density at radius 2 is 1.84 bits per heavy atom. The summed E-state index contributed by atoms with van der Waals surface area (Å²) in [7, 11) is 0. The van der Waals surface area contributed by atoms with Gasteiger partial charge in [-0.05, 0) is 35.8 Å². The Morgan fingerprint density at radius 3 is 2.64 bits per heavy atom. The minimum Gasteiger partial charge on any atom is -0.351 e. The number of nitrogens with one attached hydrogen (secondary N) is 1. The molecular formula is C21H17N3O. The average Bonchev–Trinajstić information content (AvgIpc) is 2.67. The van der Waals surface area contributed by atoms with Crippen LogP contribution in [0.2, 0.25) is 0 Å². The third kappa shape index (κ3) is 4.10. The number of hydrogen-bond donors (Lipinski definition) is 1. The standard InChI is InChI=1S/C21H17N3O/c22-15-18(21(25)24-12-10-16-6-2-1-3-7-16)14-17-11-13-23-20-9-5-4-8-19(17)20/h1-9,11,13-14H,10,12H2,(H,24,25). The SMILES string of the molecule is N#CC(=Cc1ccnc2ccccc12)C(=O)NCCc1ccccc1. The molecule has 1 N–H and O–H groups in total. The molecule has 3 aromatic rings. The third-order valence-electron chi connectivity index (χ3n) is 3.89. The van der Waals surface area contributed by atoms with Crippen molar-refractivity contribution in [3.05, 3.63) is 83.6 Å². The lowest BCUT2D eigenvalue weighted by Crippen LogP contribution is -2.26. The molecule has 0 aliphatic carbocycles. The van der Waals surface area contributed by atoms with Crippen LogP contribution in [0.1, 0.15) is 11.1 Å². The zero-order valence-corrected chi connectivity index (χ0v) is 13.6. The number of nitrogens with zero attached hydrogens (tertiary/aromatic N) is 2. The predicted octanol–water partition coefficient (Wildman–Crippen LogP) is 3.50. The van der Waals surface area contributed by atoms with E-state index in [2.05, 4.69) is 10.3 Å². The summed E-state index contributed by atoms with van der Waals surface area (Å²) in [6.07, 6.45) is 4.02. The van der Waals surface area contributed by atoms with Crippen molar-refractivity contribution in [3.63, 3.8) is 0 Å². The molecule has 25 heavy (non-hydrogen) atoms. The number of nitriles is 1. The van der Waals surface area contributed by atoms with Gasteiger partial charge in [-0.25, -0.2) is 0 Å². The van der Waals surface area contributed by atoms with Gasteiger partial charge in [-0.1, -0.05) is 48.5 Å². The van der Waals surface area contributed by atoms with Crippen molar-refractivity contribution in [2.45, 2.75) is 6.42 Å². The number of aromatic nitrogens is 1. The summed E-state index contributed by atoms with van der Waals surface area (Å²) in [5.41, 5.74) is 2.87. The molecule has 1 amide bonds. The van der Waals surface area contributed by atoms with Gasteiger partial charge in [-0.2, -0.15) is 5.26 Å². The summed E-state index contributed by atoms with van der Waals surface area (Å²) in [5, 5.41) is 13.1. The van der Waals surface area contributed by atoms with E-state index in [-0.39, 0.29) is 11.5 Å². The zero-order chi connectivity index (χ0) is 17.5. The van der Waals surface area contributed by atoms with Crippen LogP contribution in [0.15, 0.2) is 72.4 Å². The number of carbonyl (C=O) groups is 1. The number of para-hydroxylation sites is 1. The summed E-state index contributed by atoms with van der Waals surface area (Å²) in [4.78, 5) is 16.6. The molecule has 0 aliphatic heterocycles. The lowest BCUT2D eigenvalue weighted by Gasteiger charge is -2.05. The van der Waals surface area contributed by atoms with Gasteiger partial charge in [0.05, 0.1) is 5.52 Å². The van der Waals surface area contributed by atoms with E-state index in [0.29, 0.717) is 6.54 Å². The summed E-state index contributed by atoms with van der Waals surface area (Å²) < 4.78 is 0. The van der Waals surface area contributed by atoms with Gasteiger partial charge in [0.1, 0.15) is 11.6 Å². The largest absolute Gasteiger partial charge is 0.351 e. The smallest absolute Gasteiger partial charge is 0.261 e. The summed E-state index contributed by atoms with van der Waals surface area (Å²) in [5.74, 6) is -0.362. The van der Waals surface area contributed by atoms with Gasteiger partial charge in [-0.15, -0.1) is 0 Å². The monoisotopic (exact) mass is 327 g/mol. The first kappa shape index (κ1) is 16.4. The number of rotatable bonds is 5. The highest BCUT2D eigenvalue weighted by atomic mass is 16.1. The first-order chi connectivity index (χ1) is 12.3. The minimum absolute atomic E-state index is 0.0874. The normalized spacial score (nSPS) is 11.1. The highest BCUT2D eigenvalue weighted by molar-refractivity contribution is 6.03. The maximum Gasteiger partial charge on any atom is 0.261 e. The second-order valence-corrected chi connectivity index (χ2v) is 5.58. The number of hydrogen-bond acceptors (Lipinski definition) is 3. The van der Waals surface area contributed by atoms with Gasteiger partial charge in [0.15, 0.2) is 0 Å². The maximum absolute atomic E-state index is 12.3. The molecule has 0 fully saturated rings. The number of fused-ring (bicyclic) bond motifs is 1. The van der Waals surface area contributed by atoms with E-state index in [0.717, 1.165) is 28.5 Å². The van der Waals surface area contributed by atoms with Crippen LogP contribution in [0.5, 0.6) is 0 Å². The molecular weight excluding hydrogens is 310 g/mol. The molecule has 122 valence electrons. The number of amides is 1. The van der Waals surface area contributed by atoms with Crippen LogP contribution in [-0.2, 0) is 11.2 Å². The van der Waals surface area contributed by atoms with E-state index in [1.54, 1.807) is 18.3 Å². The van der Waals surface area contributed by atoms with Crippen LogP contribution < -0.4 is 5.32 Å². The Hall–Kier alpha value is -3.45. The van der Waals surface area contributed by atoms with Crippen molar-refractivity contribution in [2.75, 3.05) is 6.54 Å². The van der Waals surface area contributed by atoms with E-state index in [1.165, 1.54) is 0 Å². The van der Waals surface area contributed by atoms with E-state index in [1.807, 2.05) is 60.7 Å². The molecule has 1 heterocycles. The molecule has 0 saturated heterocycles. The van der Waals surface area contributed by atoms with Crippen LogP contribution in [0.25, 0.3) is 17.0 Å². The van der Waals surface area contributed by atoms with Crippen molar-refractivity contribution in [2.24, 2.45) is 0 Å². The predicted molar refractivity (Wildman–Crippen MR) is 98.5 cm³/mol. The third-order valence-corrected chi connectivity index (χ3v) is 3.89. The first-order valence-corrected chi connectivity index (χ1v) is 8.05. The Bertz CT molecular complexity index is 950. The van der Waals surface area contributed by atoms with Gasteiger partial charge in [0, 0.05) is 18.1 Å². The lowest BCUT2D eigenvalue weighted by atomic mass is 10.1. The summed E-state index contributed by atoms with van der Waals surface area (Å²) in [6, 6.07) is 21.3. The topological polar surface area (TPSA) is 65.8 Å². The van der Waals surface area contributed by atoms with E-state index < -0.39 is 0 Å². The molecule has 0 radical (unpaired) electrons. The summed E-state index contributed by atoms with van der Waals surface area (Å²) in [6.45, 7) is 0.485. The Morgan fingerprint density at radius 1 is 1.08 bits per heavy atom. The fourth-order valence-corrected chi connectivity index (χ4v) is 2.61. The van der Waals surface area contributed by atoms with Crippen molar-refractivity contribution in [1.29, 1.82) is 5.26 Å². The molecule has 0 bridgehead atoms. The highest BCUT2D eigenvalue weighted by Gasteiger charge is 2.09. The van der Waals surface area contributed by atoms with Gasteiger partial charge in [0.2, 0.25) is 0 Å². The number of benzene rings is 2. The Kier molecular flexibility index (Phi) is 5.18. The zero-order valence-electron chi connectivity index (χ0n) is 13.6. The molecule has 4 heteroatoms. The quantitative estimate of drug-likeness (QED) is 0.576.